The van der Waals surface area contributed by atoms with E-state index in [9.17, 15) is 4.79 Å². The maximum atomic E-state index is 11.7. The molecule has 13 heavy (non-hydrogen) atoms. The van der Waals surface area contributed by atoms with Gasteiger partial charge < -0.3 is 0 Å². The molecule has 1 atom stereocenters. The lowest BCUT2D eigenvalue weighted by Gasteiger charge is -2.35. The molecule has 1 saturated carbocycles. The number of ketones is 1. The Balaban J connectivity index is 2.27. The van der Waals surface area contributed by atoms with E-state index in [0.29, 0.717) is 5.78 Å². The second-order valence-electron chi connectivity index (χ2n) is 4.71. The van der Waals surface area contributed by atoms with Crippen LogP contribution in [0.15, 0.2) is 11.6 Å². The number of hydrogen-bond acceptors (Lipinski definition) is 1. The lowest BCUT2D eigenvalue weighted by atomic mass is 9.68. The summed E-state index contributed by atoms with van der Waals surface area (Å²) in [6, 6.07) is 0. The van der Waals surface area contributed by atoms with Gasteiger partial charge in [-0.15, -0.1) is 0 Å². The van der Waals surface area contributed by atoms with Crippen LogP contribution in [0.25, 0.3) is 0 Å². The zero-order valence-corrected chi connectivity index (χ0v) is 8.60. The lowest BCUT2D eigenvalue weighted by molar-refractivity contribution is -0.120. The Morgan fingerprint density at radius 3 is 2.38 bits per heavy atom. The van der Waals surface area contributed by atoms with Crippen LogP contribution < -0.4 is 0 Å². The quantitative estimate of drug-likeness (QED) is 0.557. The van der Waals surface area contributed by atoms with Gasteiger partial charge in [0.15, 0.2) is 5.78 Å². The second-order valence-corrected chi connectivity index (χ2v) is 4.71. The zero-order valence-electron chi connectivity index (χ0n) is 8.60. The third kappa shape index (κ3) is 1.25. The number of carbonyl (C=O) groups is 1. The summed E-state index contributed by atoms with van der Waals surface area (Å²) in [5.74, 6) is 0.648. The van der Waals surface area contributed by atoms with Crippen LogP contribution in [0, 0.1) is 11.3 Å². The Morgan fingerprint density at radius 1 is 1.31 bits per heavy atom. The average Bonchev–Trinajstić information content (AvgIpc) is 2.33. The van der Waals surface area contributed by atoms with Crippen molar-refractivity contribution in [3.05, 3.63) is 11.6 Å². The summed E-state index contributed by atoms with van der Waals surface area (Å²) in [4.78, 5) is 11.7. The summed E-state index contributed by atoms with van der Waals surface area (Å²) in [5.41, 5.74) is 1.27. The highest BCUT2D eigenvalue weighted by molar-refractivity contribution is 5.99. The molecule has 0 aromatic heterocycles. The van der Waals surface area contributed by atoms with Crippen LogP contribution in [0.5, 0.6) is 0 Å². The summed E-state index contributed by atoms with van der Waals surface area (Å²) < 4.78 is 0. The molecule has 0 aliphatic heterocycles. The van der Waals surface area contributed by atoms with Gasteiger partial charge in [-0.3, -0.25) is 4.79 Å². The fourth-order valence-corrected chi connectivity index (χ4v) is 3.02. The molecule has 0 heterocycles. The standard InChI is InChI=1S/C12H18O/c1-9-8-12(10(2)11(9)13)6-4-3-5-7-12/h8,10H,3-7H2,1-2H3. The molecule has 0 amide bonds. The molecule has 0 aromatic rings. The van der Waals surface area contributed by atoms with Crippen molar-refractivity contribution in [1.82, 2.24) is 0 Å². The van der Waals surface area contributed by atoms with Crippen LogP contribution in [0.2, 0.25) is 0 Å². The van der Waals surface area contributed by atoms with E-state index in [1.807, 2.05) is 6.92 Å². The summed E-state index contributed by atoms with van der Waals surface area (Å²) in [7, 11) is 0. The molecule has 1 heteroatoms. The van der Waals surface area contributed by atoms with E-state index in [1.54, 1.807) is 0 Å². The fraction of sp³-hybridized carbons (Fsp3) is 0.750. The molecular weight excluding hydrogens is 160 g/mol. The van der Waals surface area contributed by atoms with E-state index in [-0.39, 0.29) is 11.3 Å². The maximum Gasteiger partial charge on any atom is 0.161 e. The Labute approximate surface area is 80.2 Å². The first-order valence-corrected chi connectivity index (χ1v) is 5.39. The van der Waals surface area contributed by atoms with Crippen LogP contribution in [-0.2, 0) is 4.79 Å². The summed E-state index contributed by atoms with van der Waals surface area (Å²) >= 11 is 0. The first kappa shape index (κ1) is 8.98. The second kappa shape index (κ2) is 2.97. The van der Waals surface area contributed by atoms with Gasteiger partial charge in [0.2, 0.25) is 0 Å². The minimum atomic E-state index is 0.257. The van der Waals surface area contributed by atoms with Crippen molar-refractivity contribution in [3.8, 4) is 0 Å². The molecule has 1 spiro atoms. The van der Waals surface area contributed by atoms with Crippen molar-refractivity contribution in [3.63, 3.8) is 0 Å². The van der Waals surface area contributed by atoms with Crippen molar-refractivity contribution in [1.29, 1.82) is 0 Å². The molecule has 0 saturated heterocycles. The van der Waals surface area contributed by atoms with Crippen LogP contribution in [0.1, 0.15) is 46.0 Å². The number of carbonyl (C=O) groups excluding carboxylic acids is 1. The maximum absolute atomic E-state index is 11.7. The number of hydrogen-bond donors (Lipinski definition) is 0. The molecular formula is C12H18O. The van der Waals surface area contributed by atoms with Crippen molar-refractivity contribution < 1.29 is 4.79 Å². The highest BCUT2D eigenvalue weighted by Crippen LogP contribution is 2.49. The summed E-state index contributed by atoms with van der Waals surface area (Å²) in [6.07, 6.45) is 8.70. The SMILES string of the molecule is CC1=CC2(CCCCC2)C(C)C1=O. The number of Topliss-reactive ketones (excluding diaryl/α,β-unsaturated/α-hetero) is 1. The van der Waals surface area contributed by atoms with Gasteiger partial charge in [-0.25, -0.2) is 0 Å². The smallest absolute Gasteiger partial charge is 0.161 e. The molecule has 0 aromatic carbocycles. The summed E-state index contributed by atoms with van der Waals surface area (Å²) in [5, 5.41) is 0. The van der Waals surface area contributed by atoms with Crippen molar-refractivity contribution in [2.24, 2.45) is 11.3 Å². The van der Waals surface area contributed by atoms with Gasteiger partial charge in [0.1, 0.15) is 0 Å². The Kier molecular flexibility index (Phi) is 2.05. The van der Waals surface area contributed by atoms with Crippen molar-refractivity contribution in [2.75, 3.05) is 0 Å². The third-order valence-corrected chi connectivity index (χ3v) is 3.93. The van der Waals surface area contributed by atoms with E-state index in [2.05, 4.69) is 13.0 Å². The molecule has 1 fully saturated rings. The minimum Gasteiger partial charge on any atom is -0.294 e. The van der Waals surface area contributed by atoms with Crippen molar-refractivity contribution >= 4 is 5.78 Å². The van der Waals surface area contributed by atoms with Crippen LogP contribution >= 0.6 is 0 Å². The third-order valence-electron chi connectivity index (χ3n) is 3.93. The fourth-order valence-electron chi connectivity index (χ4n) is 3.02. The molecule has 0 N–H and O–H groups in total. The predicted octanol–water partition coefficient (Wildman–Crippen LogP) is 3.10. The van der Waals surface area contributed by atoms with Crippen LogP contribution in [-0.4, -0.2) is 5.78 Å². The van der Waals surface area contributed by atoms with E-state index >= 15 is 0 Å². The molecule has 2 aliphatic rings. The van der Waals surface area contributed by atoms with Gasteiger partial charge in [0.05, 0.1) is 0 Å². The molecule has 72 valence electrons. The Bertz CT molecular complexity index is 256. The number of rotatable bonds is 0. The summed E-state index contributed by atoms with van der Waals surface area (Å²) in [6.45, 7) is 4.09. The molecule has 0 bridgehead atoms. The molecule has 2 rings (SSSR count). The highest BCUT2D eigenvalue weighted by Gasteiger charge is 2.43. The largest absolute Gasteiger partial charge is 0.294 e. The molecule has 1 unspecified atom stereocenters. The Hall–Kier alpha value is -0.590. The van der Waals surface area contributed by atoms with Gasteiger partial charge in [-0.2, -0.15) is 0 Å². The van der Waals surface area contributed by atoms with Crippen LogP contribution in [0.3, 0.4) is 0 Å². The zero-order chi connectivity index (χ0) is 9.47. The van der Waals surface area contributed by atoms with E-state index in [0.717, 1.165) is 5.57 Å². The monoisotopic (exact) mass is 178 g/mol. The van der Waals surface area contributed by atoms with E-state index in [1.165, 1.54) is 32.1 Å². The average molecular weight is 178 g/mol. The molecule has 0 radical (unpaired) electrons. The van der Waals surface area contributed by atoms with E-state index in [4.69, 9.17) is 0 Å². The highest BCUT2D eigenvalue weighted by atomic mass is 16.1. The van der Waals surface area contributed by atoms with Gasteiger partial charge >= 0.3 is 0 Å². The topological polar surface area (TPSA) is 17.1 Å². The van der Waals surface area contributed by atoms with Gasteiger partial charge in [-0.1, -0.05) is 32.3 Å². The van der Waals surface area contributed by atoms with E-state index < -0.39 is 0 Å². The van der Waals surface area contributed by atoms with Gasteiger partial charge in [-0.05, 0) is 30.8 Å². The predicted molar refractivity (Wildman–Crippen MR) is 53.4 cm³/mol. The van der Waals surface area contributed by atoms with Crippen LogP contribution in [0.4, 0.5) is 0 Å². The molecule has 2 aliphatic carbocycles. The van der Waals surface area contributed by atoms with Crippen molar-refractivity contribution in [2.45, 2.75) is 46.0 Å². The normalized spacial score (nSPS) is 32.3. The first-order valence-electron chi connectivity index (χ1n) is 5.39. The Morgan fingerprint density at radius 2 is 1.92 bits per heavy atom. The van der Waals surface area contributed by atoms with Gasteiger partial charge in [0, 0.05) is 5.92 Å². The van der Waals surface area contributed by atoms with Gasteiger partial charge in [0.25, 0.3) is 0 Å². The first-order chi connectivity index (χ1) is 6.16. The molecule has 1 nitrogen and oxygen atoms in total. The minimum absolute atomic E-state index is 0.257. The number of allylic oxidation sites excluding steroid dienone is 2. The lowest BCUT2D eigenvalue weighted by Crippen LogP contribution is -2.29.